The summed E-state index contributed by atoms with van der Waals surface area (Å²) in [6.45, 7) is 1.77. The van der Waals surface area contributed by atoms with E-state index in [0.717, 1.165) is 4.90 Å². The maximum atomic E-state index is 12.9. The minimum absolute atomic E-state index is 0.0475. The van der Waals surface area contributed by atoms with Crippen LogP contribution < -0.4 is 10.6 Å². The Balaban J connectivity index is 1.66. The molecule has 2 aromatic rings. The molecule has 0 fully saturated rings. The van der Waals surface area contributed by atoms with Crippen LogP contribution in [0, 0.1) is 5.82 Å². The molecule has 1 aliphatic rings. The fourth-order valence-electron chi connectivity index (χ4n) is 2.48. The van der Waals surface area contributed by atoms with E-state index in [2.05, 4.69) is 10.6 Å². The topological polar surface area (TPSA) is 92.3 Å². The van der Waals surface area contributed by atoms with Crippen LogP contribution in [0.15, 0.2) is 52.3 Å². The Hall–Kier alpha value is -2.39. The van der Waals surface area contributed by atoms with Gasteiger partial charge in [-0.1, -0.05) is 0 Å². The lowest BCUT2D eigenvalue weighted by molar-refractivity contribution is -0.116. The first-order valence-corrected chi connectivity index (χ1v) is 10.7. The maximum Gasteiger partial charge on any atom is 0.237 e. The zero-order valence-corrected chi connectivity index (χ0v) is 16.0. The number of hydrogen-bond acceptors (Lipinski definition) is 5. The van der Waals surface area contributed by atoms with Crippen molar-refractivity contribution in [2.75, 3.05) is 16.4 Å². The van der Waals surface area contributed by atoms with Crippen molar-refractivity contribution >= 4 is 44.8 Å². The van der Waals surface area contributed by atoms with Crippen LogP contribution in [-0.2, 0) is 19.4 Å². The van der Waals surface area contributed by atoms with Crippen LogP contribution in [0.25, 0.3) is 0 Å². The summed E-state index contributed by atoms with van der Waals surface area (Å²) in [6, 6.07) is 9.74. The van der Waals surface area contributed by atoms with Gasteiger partial charge in [0.15, 0.2) is 9.84 Å². The van der Waals surface area contributed by atoms with Gasteiger partial charge >= 0.3 is 0 Å². The molecule has 2 amide bonds. The molecule has 6 nitrogen and oxygen atoms in total. The summed E-state index contributed by atoms with van der Waals surface area (Å²) in [7, 11) is -3.70. The molecule has 2 aromatic carbocycles. The first-order chi connectivity index (χ1) is 12.7. The van der Waals surface area contributed by atoms with Gasteiger partial charge in [-0.05, 0) is 49.4 Å². The molecule has 1 heterocycles. The van der Waals surface area contributed by atoms with Gasteiger partial charge < -0.3 is 10.6 Å². The Morgan fingerprint density at radius 3 is 2.63 bits per heavy atom. The third-order valence-corrected chi connectivity index (χ3v) is 6.86. The number of benzene rings is 2. The second-order valence-corrected chi connectivity index (χ2v) is 9.52. The van der Waals surface area contributed by atoms with Gasteiger partial charge in [-0.2, -0.15) is 0 Å². The van der Waals surface area contributed by atoms with Gasteiger partial charge in [0, 0.05) is 17.0 Å². The molecule has 142 valence electrons. The van der Waals surface area contributed by atoms with E-state index in [9.17, 15) is 22.4 Å². The number of nitrogens with one attached hydrogen (secondary N) is 2. The Morgan fingerprint density at radius 1 is 1.22 bits per heavy atom. The van der Waals surface area contributed by atoms with Crippen LogP contribution in [0.2, 0.25) is 0 Å². The van der Waals surface area contributed by atoms with Gasteiger partial charge in [0.1, 0.15) is 5.82 Å². The Kier molecular flexibility index (Phi) is 5.52. The predicted octanol–water partition coefficient (Wildman–Crippen LogP) is 3.06. The molecule has 0 bridgehead atoms. The van der Waals surface area contributed by atoms with Crippen molar-refractivity contribution in [3.63, 3.8) is 0 Å². The maximum absolute atomic E-state index is 12.9. The van der Waals surface area contributed by atoms with Gasteiger partial charge in [0.2, 0.25) is 11.8 Å². The largest absolute Gasteiger partial charge is 0.326 e. The van der Waals surface area contributed by atoms with Crippen LogP contribution >= 0.6 is 11.8 Å². The number of anilines is 2. The van der Waals surface area contributed by atoms with E-state index in [1.807, 2.05) is 0 Å². The predicted molar refractivity (Wildman–Crippen MR) is 102 cm³/mol. The molecule has 0 aliphatic carbocycles. The normalized spacial score (nSPS) is 16.4. The van der Waals surface area contributed by atoms with Crippen molar-refractivity contribution in [3.05, 3.63) is 48.3 Å². The molecule has 2 N–H and O–H groups in total. The Morgan fingerprint density at radius 2 is 1.93 bits per heavy atom. The number of rotatable bonds is 5. The second-order valence-electron chi connectivity index (χ2n) is 6.03. The summed E-state index contributed by atoms with van der Waals surface area (Å²) < 4.78 is 37.9. The Bertz CT molecular complexity index is 991. The van der Waals surface area contributed by atoms with Gasteiger partial charge in [-0.25, -0.2) is 12.8 Å². The van der Waals surface area contributed by atoms with Crippen molar-refractivity contribution in [2.45, 2.75) is 28.4 Å². The summed E-state index contributed by atoms with van der Waals surface area (Å²) in [4.78, 5) is 24.6. The number of fused-ring (bicyclic) bond motifs is 1. The molecule has 1 atom stereocenters. The lowest BCUT2D eigenvalue weighted by Crippen LogP contribution is -2.26. The van der Waals surface area contributed by atoms with Gasteiger partial charge in [0.05, 0.1) is 21.6 Å². The molecule has 3 rings (SSSR count). The number of amides is 2. The van der Waals surface area contributed by atoms with Crippen molar-refractivity contribution < 1.29 is 22.4 Å². The number of hydrogen-bond donors (Lipinski definition) is 2. The standard InChI is InChI=1S/C18H17FN2O4S2/c1-11-18(23)21-15-10-14(6-7-16(15)26-11)27(24,25)9-8-17(22)20-13-4-2-12(19)3-5-13/h2-7,10-11H,8-9H2,1H3,(H,20,22)(H,21,23). The van der Waals surface area contributed by atoms with E-state index in [4.69, 9.17) is 0 Å². The SMILES string of the molecule is CC1Sc2ccc(S(=O)(=O)CCC(=O)Nc3ccc(F)cc3)cc2NC1=O. The van der Waals surface area contributed by atoms with Gasteiger partial charge in [0.25, 0.3) is 0 Å². The highest BCUT2D eigenvalue weighted by Crippen LogP contribution is 2.36. The van der Waals surface area contributed by atoms with E-state index >= 15 is 0 Å². The number of thioether (sulfide) groups is 1. The quantitative estimate of drug-likeness (QED) is 0.793. The summed E-state index contributed by atoms with van der Waals surface area (Å²) >= 11 is 1.36. The molecule has 9 heteroatoms. The average molecular weight is 408 g/mol. The first kappa shape index (κ1) is 19.4. The monoisotopic (exact) mass is 408 g/mol. The van der Waals surface area contributed by atoms with Crippen LogP contribution in [0.1, 0.15) is 13.3 Å². The highest BCUT2D eigenvalue weighted by Gasteiger charge is 2.25. The average Bonchev–Trinajstić information content (AvgIpc) is 2.62. The fourth-order valence-corrected chi connectivity index (χ4v) is 4.68. The smallest absolute Gasteiger partial charge is 0.237 e. The highest BCUT2D eigenvalue weighted by molar-refractivity contribution is 8.01. The molecule has 27 heavy (non-hydrogen) atoms. The minimum atomic E-state index is -3.70. The van der Waals surface area contributed by atoms with Crippen LogP contribution in [0.5, 0.6) is 0 Å². The number of carbonyl (C=O) groups excluding carboxylic acids is 2. The second kappa shape index (κ2) is 7.69. The van der Waals surface area contributed by atoms with E-state index in [1.165, 1.54) is 48.2 Å². The van der Waals surface area contributed by atoms with E-state index < -0.39 is 21.6 Å². The van der Waals surface area contributed by atoms with Crippen molar-refractivity contribution in [3.8, 4) is 0 Å². The summed E-state index contributed by atoms with van der Waals surface area (Å²) in [5, 5.41) is 4.97. The van der Waals surface area contributed by atoms with E-state index in [-0.39, 0.29) is 28.2 Å². The zero-order chi connectivity index (χ0) is 19.6. The summed E-state index contributed by atoms with van der Waals surface area (Å²) in [5.41, 5.74) is 0.848. The molecule has 1 unspecified atom stereocenters. The molecular formula is C18H17FN2O4S2. The first-order valence-electron chi connectivity index (χ1n) is 8.14. The molecule has 0 radical (unpaired) electrons. The van der Waals surface area contributed by atoms with Crippen LogP contribution in [0.3, 0.4) is 0 Å². The number of carbonyl (C=O) groups is 2. The van der Waals surface area contributed by atoms with E-state index in [0.29, 0.717) is 11.4 Å². The van der Waals surface area contributed by atoms with Crippen molar-refractivity contribution in [1.82, 2.24) is 0 Å². The molecule has 0 saturated carbocycles. The molecule has 0 spiro atoms. The van der Waals surface area contributed by atoms with Crippen molar-refractivity contribution in [1.29, 1.82) is 0 Å². The third kappa shape index (κ3) is 4.67. The van der Waals surface area contributed by atoms with Gasteiger partial charge in [-0.3, -0.25) is 9.59 Å². The highest BCUT2D eigenvalue weighted by atomic mass is 32.2. The summed E-state index contributed by atoms with van der Waals surface area (Å²) in [5.74, 6) is -1.47. The molecular weight excluding hydrogens is 391 g/mol. The molecule has 1 aliphatic heterocycles. The van der Waals surface area contributed by atoms with Crippen LogP contribution in [0.4, 0.5) is 15.8 Å². The minimum Gasteiger partial charge on any atom is -0.326 e. The Labute approximate surface area is 160 Å². The fraction of sp³-hybridized carbons (Fsp3) is 0.222. The molecule has 0 aromatic heterocycles. The van der Waals surface area contributed by atoms with Gasteiger partial charge in [-0.15, -0.1) is 11.8 Å². The summed E-state index contributed by atoms with van der Waals surface area (Å²) in [6.07, 6.45) is -0.241. The molecule has 0 saturated heterocycles. The van der Waals surface area contributed by atoms with Crippen molar-refractivity contribution in [2.24, 2.45) is 0 Å². The number of halogens is 1. The lowest BCUT2D eigenvalue weighted by Gasteiger charge is -2.21. The lowest BCUT2D eigenvalue weighted by atomic mass is 10.3. The third-order valence-electron chi connectivity index (χ3n) is 3.97. The number of sulfone groups is 1. The van der Waals surface area contributed by atoms with Crippen LogP contribution in [-0.4, -0.2) is 31.2 Å². The van der Waals surface area contributed by atoms with E-state index in [1.54, 1.807) is 13.0 Å². The zero-order valence-electron chi connectivity index (χ0n) is 14.4.